The van der Waals surface area contributed by atoms with Crippen molar-refractivity contribution in [2.75, 3.05) is 12.4 Å². The van der Waals surface area contributed by atoms with E-state index in [0.717, 1.165) is 22.6 Å². The van der Waals surface area contributed by atoms with Crippen molar-refractivity contribution in [3.8, 4) is 11.5 Å². The van der Waals surface area contributed by atoms with E-state index >= 15 is 0 Å². The lowest BCUT2D eigenvalue weighted by Gasteiger charge is -2.14. The van der Waals surface area contributed by atoms with Gasteiger partial charge >= 0.3 is 0 Å². The number of halogens is 1. The van der Waals surface area contributed by atoms with Gasteiger partial charge in [-0.3, -0.25) is 0 Å². The van der Waals surface area contributed by atoms with E-state index in [1.807, 2.05) is 42.5 Å². The van der Waals surface area contributed by atoms with Gasteiger partial charge in [0, 0.05) is 17.3 Å². The fourth-order valence-electron chi connectivity index (χ4n) is 2.78. The predicted molar refractivity (Wildman–Crippen MR) is 112 cm³/mol. The molecule has 0 radical (unpaired) electrons. The molecule has 140 valence electrons. The highest BCUT2D eigenvalue weighted by atomic mass is 35.5. The zero-order valence-corrected chi connectivity index (χ0v) is 16.6. The molecule has 3 rings (SSSR count). The summed E-state index contributed by atoms with van der Waals surface area (Å²) in [6.45, 7) is 5.40. The van der Waals surface area contributed by atoms with Crippen LogP contribution in [0.5, 0.6) is 11.5 Å². The summed E-state index contributed by atoms with van der Waals surface area (Å²) in [6, 6.07) is 20.0. The standard InChI is InChI=1S/C23H24ClNO2/c1-16-7-9-21(11-17(16)2)25-14-18-8-10-22(23(13-18)26-3)27-15-19-5-4-6-20(24)12-19/h4-13,25H,14-15H2,1-3H3. The van der Waals surface area contributed by atoms with E-state index in [1.165, 1.54) is 11.1 Å². The fraction of sp³-hybridized carbons (Fsp3) is 0.217. The van der Waals surface area contributed by atoms with Crippen molar-refractivity contribution in [1.82, 2.24) is 0 Å². The van der Waals surface area contributed by atoms with Gasteiger partial charge in [0.1, 0.15) is 6.61 Å². The third-order valence-corrected chi connectivity index (χ3v) is 4.75. The Balaban J connectivity index is 1.65. The molecule has 0 aromatic heterocycles. The third-order valence-electron chi connectivity index (χ3n) is 4.51. The van der Waals surface area contributed by atoms with Crippen LogP contribution in [0.2, 0.25) is 5.02 Å². The zero-order valence-electron chi connectivity index (χ0n) is 15.9. The van der Waals surface area contributed by atoms with Gasteiger partial charge in [0.15, 0.2) is 11.5 Å². The topological polar surface area (TPSA) is 30.5 Å². The molecular formula is C23H24ClNO2. The molecule has 0 atom stereocenters. The van der Waals surface area contributed by atoms with E-state index in [1.54, 1.807) is 7.11 Å². The Kier molecular flexibility index (Phi) is 6.25. The van der Waals surface area contributed by atoms with Gasteiger partial charge < -0.3 is 14.8 Å². The van der Waals surface area contributed by atoms with Crippen LogP contribution >= 0.6 is 11.6 Å². The molecule has 0 unspecified atom stereocenters. The van der Waals surface area contributed by atoms with Crippen LogP contribution in [0.4, 0.5) is 5.69 Å². The number of hydrogen-bond acceptors (Lipinski definition) is 3. The molecule has 0 aliphatic heterocycles. The largest absolute Gasteiger partial charge is 0.493 e. The van der Waals surface area contributed by atoms with Crippen molar-refractivity contribution >= 4 is 17.3 Å². The Bertz CT molecular complexity index is 924. The number of methoxy groups -OCH3 is 1. The molecule has 0 spiro atoms. The molecule has 0 fully saturated rings. The van der Waals surface area contributed by atoms with Gasteiger partial charge in [0.2, 0.25) is 0 Å². The van der Waals surface area contributed by atoms with Gasteiger partial charge in [0.25, 0.3) is 0 Å². The Labute approximate surface area is 165 Å². The van der Waals surface area contributed by atoms with Crippen molar-refractivity contribution in [2.24, 2.45) is 0 Å². The first-order chi connectivity index (χ1) is 13.0. The molecule has 0 amide bonds. The maximum absolute atomic E-state index is 6.02. The Morgan fingerprint density at radius 3 is 2.44 bits per heavy atom. The molecule has 1 N–H and O–H groups in total. The van der Waals surface area contributed by atoms with Crippen molar-refractivity contribution in [2.45, 2.75) is 27.0 Å². The second-order valence-electron chi connectivity index (χ2n) is 6.56. The summed E-state index contributed by atoms with van der Waals surface area (Å²) in [7, 11) is 1.65. The first kappa shape index (κ1) is 19.1. The summed E-state index contributed by atoms with van der Waals surface area (Å²) in [5.41, 5.74) is 5.83. The highest BCUT2D eigenvalue weighted by Gasteiger charge is 2.07. The number of hydrogen-bond donors (Lipinski definition) is 1. The molecule has 3 aromatic rings. The molecule has 0 saturated heterocycles. The first-order valence-electron chi connectivity index (χ1n) is 8.90. The van der Waals surface area contributed by atoms with Gasteiger partial charge in [-0.05, 0) is 72.5 Å². The van der Waals surface area contributed by atoms with Gasteiger partial charge in [0.05, 0.1) is 7.11 Å². The van der Waals surface area contributed by atoms with Gasteiger partial charge in [-0.2, -0.15) is 0 Å². The average molecular weight is 382 g/mol. The quantitative estimate of drug-likeness (QED) is 0.531. The van der Waals surface area contributed by atoms with Crippen LogP contribution in [-0.2, 0) is 13.2 Å². The Morgan fingerprint density at radius 1 is 0.852 bits per heavy atom. The second kappa shape index (κ2) is 8.83. The number of benzene rings is 3. The molecule has 27 heavy (non-hydrogen) atoms. The summed E-state index contributed by atoms with van der Waals surface area (Å²) >= 11 is 6.02. The third kappa shape index (κ3) is 5.18. The van der Waals surface area contributed by atoms with E-state index in [2.05, 4.69) is 37.4 Å². The number of anilines is 1. The normalized spacial score (nSPS) is 10.5. The lowest BCUT2D eigenvalue weighted by atomic mass is 10.1. The predicted octanol–water partition coefficient (Wildman–Crippen LogP) is 6.16. The zero-order chi connectivity index (χ0) is 19.2. The summed E-state index contributed by atoms with van der Waals surface area (Å²) in [4.78, 5) is 0. The lowest BCUT2D eigenvalue weighted by molar-refractivity contribution is 0.284. The smallest absolute Gasteiger partial charge is 0.161 e. The van der Waals surface area contributed by atoms with Crippen molar-refractivity contribution in [3.05, 3.63) is 87.9 Å². The highest BCUT2D eigenvalue weighted by Crippen LogP contribution is 2.29. The number of aryl methyl sites for hydroxylation is 2. The molecule has 0 aliphatic carbocycles. The minimum absolute atomic E-state index is 0.442. The van der Waals surface area contributed by atoms with E-state index in [4.69, 9.17) is 21.1 Å². The molecule has 3 aromatic carbocycles. The molecular weight excluding hydrogens is 358 g/mol. The minimum atomic E-state index is 0.442. The number of ether oxygens (including phenoxy) is 2. The maximum Gasteiger partial charge on any atom is 0.161 e. The SMILES string of the molecule is COc1cc(CNc2ccc(C)c(C)c2)ccc1OCc1cccc(Cl)c1. The van der Waals surface area contributed by atoms with Crippen LogP contribution in [0.1, 0.15) is 22.3 Å². The van der Waals surface area contributed by atoms with Crippen molar-refractivity contribution in [3.63, 3.8) is 0 Å². The van der Waals surface area contributed by atoms with Crippen molar-refractivity contribution < 1.29 is 9.47 Å². The summed E-state index contributed by atoms with van der Waals surface area (Å²) < 4.78 is 11.4. The summed E-state index contributed by atoms with van der Waals surface area (Å²) in [6.07, 6.45) is 0. The minimum Gasteiger partial charge on any atom is -0.493 e. The number of nitrogens with one attached hydrogen (secondary N) is 1. The molecule has 0 bridgehead atoms. The fourth-order valence-corrected chi connectivity index (χ4v) is 3.00. The Hall–Kier alpha value is -2.65. The van der Waals surface area contributed by atoms with Crippen LogP contribution in [0.15, 0.2) is 60.7 Å². The van der Waals surface area contributed by atoms with Gasteiger partial charge in [-0.1, -0.05) is 35.9 Å². The molecule has 0 heterocycles. The monoisotopic (exact) mass is 381 g/mol. The van der Waals surface area contributed by atoms with Crippen molar-refractivity contribution in [1.29, 1.82) is 0 Å². The van der Waals surface area contributed by atoms with E-state index in [-0.39, 0.29) is 0 Å². The van der Waals surface area contributed by atoms with E-state index in [0.29, 0.717) is 23.9 Å². The summed E-state index contributed by atoms with van der Waals surface area (Å²) in [5, 5.41) is 4.16. The highest BCUT2D eigenvalue weighted by molar-refractivity contribution is 6.30. The second-order valence-corrected chi connectivity index (χ2v) is 6.99. The molecule has 0 saturated carbocycles. The van der Waals surface area contributed by atoms with Gasteiger partial charge in [-0.25, -0.2) is 0 Å². The summed E-state index contributed by atoms with van der Waals surface area (Å²) in [5.74, 6) is 1.43. The first-order valence-corrected chi connectivity index (χ1v) is 9.28. The van der Waals surface area contributed by atoms with Crippen LogP contribution in [-0.4, -0.2) is 7.11 Å². The average Bonchev–Trinajstić information content (AvgIpc) is 2.67. The lowest BCUT2D eigenvalue weighted by Crippen LogP contribution is -2.02. The molecule has 3 nitrogen and oxygen atoms in total. The van der Waals surface area contributed by atoms with E-state index < -0.39 is 0 Å². The van der Waals surface area contributed by atoms with Crippen LogP contribution in [0, 0.1) is 13.8 Å². The number of rotatable bonds is 7. The van der Waals surface area contributed by atoms with Crippen LogP contribution < -0.4 is 14.8 Å². The van der Waals surface area contributed by atoms with Crippen LogP contribution in [0.3, 0.4) is 0 Å². The van der Waals surface area contributed by atoms with Gasteiger partial charge in [-0.15, -0.1) is 0 Å². The molecule has 0 aliphatic rings. The Morgan fingerprint density at radius 2 is 1.70 bits per heavy atom. The maximum atomic E-state index is 6.02. The molecule has 4 heteroatoms. The van der Waals surface area contributed by atoms with Crippen LogP contribution in [0.25, 0.3) is 0 Å². The van der Waals surface area contributed by atoms with E-state index in [9.17, 15) is 0 Å².